The molecule has 1 nitrogen and oxygen atoms in total. The molecule has 0 aliphatic rings. The highest BCUT2D eigenvalue weighted by Crippen LogP contribution is 2.17. The molecule has 0 fully saturated rings. The lowest BCUT2D eigenvalue weighted by molar-refractivity contribution is 0.483. The quantitative estimate of drug-likeness (QED) is 0.846. The second-order valence-corrected chi connectivity index (χ2v) is 5.29. The van der Waals surface area contributed by atoms with Gasteiger partial charge in [-0.05, 0) is 49.6 Å². The number of nitrogens with one attached hydrogen (secondary N) is 1. The van der Waals surface area contributed by atoms with Crippen molar-refractivity contribution in [2.24, 2.45) is 0 Å². The number of likely N-dealkylation sites (N-methyl/N-ethyl adjacent to an activating group) is 1. The first kappa shape index (κ1) is 15.6. The Bertz CT molecular complexity index is 575. The fourth-order valence-electron chi connectivity index (χ4n) is 2.58. The van der Waals surface area contributed by atoms with E-state index in [0.717, 1.165) is 13.0 Å². The topological polar surface area (TPSA) is 12.0 Å². The summed E-state index contributed by atoms with van der Waals surface area (Å²) in [4.78, 5) is 0. The Labute approximate surface area is 125 Å². The standard InChI is InChI=1S/C18H21F2N/c1-3-21-15(11-14-8-5-4-7-13(14)2)12-16-17(19)9-6-10-18(16)20/h4-10,15,21H,3,11-12H2,1-2H3. The molecule has 0 heterocycles. The number of hydrogen-bond acceptors (Lipinski definition) is 1. The van der Waals surface area contributed by atoms with Crippen LogP contribution in [0.5, 0.6) is 0 Å². The van der Waals surface area contributed by atoms with Crippen molar-refractivity contribution >= 4 is 0 Å². The third kappa shape index (κ3) is 4.11. The summed E-state index contributed by atoms with van der Waals surface area (Å²) in [5, 5.41) is 3.33. The summed E-state index contributed by atoms with van der Waals surface area (Å²) in [5.74, 6) is -0.939. The molecule has 21 heavy (non-hydrogen) atoms. The molecular formula is C18H21F2N. The van der Waals surface area contributed by atoms with Crippen LogP contribution in [0.25, 0.3) is 0 Å². The molecule has 0 aromatic heterocycles. The van der Waals surface area contributed by atoms with Gasteiger partial charge in [0.05, 0.1) is 0 Å². The van der Waals surface area contributed by atoms with Crippen LogP contribution in [0, 0.1) is 18.6 Å². The number of halogens is 2. The first-order chi connectivity index (χ1) is 10.1. The van der Waals surface area contributed by atoms with Gasteiger partial charge < -0.3 is 5.32 Å². The molecule has 2 rings (SSSR count). The Morgan fingerprint density at radius 1 is 0.952 bits per heavy atom. The molecule has 1 unspecified atom stereocenters. The summed E-state index contributed by atoms with van der Waals surface area (Å²) >= 11 is 0. The van der Waals surface area contributed by atoms with Crippen molar-refractivity contribution in [1.82, 2.24) is 5.32 Å². The molecular weight excluding hydrogens is 268 g/mol. The lowest BCUT2D eigenvalue weighted by Gasteiger charge is -2.20. The number of rotatable bonds is 6. The fraction of sp³-hybridized carbons (Fsp3) is 0.333. The Morgan fingerprint density at radius 3 is 2.24 bits per heavy atom. The summed E-state index contributed by atoms with van der Waals surface area (Å²) in [6.07, 6.45) is 1.11. The van der Waals surface area contributed by atoms with Crippen LogP contribution < -0.4 is 5.32 Å². The maximum atomic E-state index is 13.8. The molecule has 0 aliphatic carbocycles. The minimum absolute atomic E-state index is 0.0162. The second kappa shape index (κ2) is 7.32. The van der Waals surface area contributed by atoms with Crippen molar-refractivity contribution in [3.8, 4) is 0 Å². The zero-order valence-corrected chi connectivity index (χ0v) is 12.5. The first-order valence-electron chi connectivity index (χ1n) is 7.32. The molecule has 1 N–H and O–H groups in total. The molecule has 0 saturated heterocycles. The predicted molar refractivity (Wildman–Crippen MR) is 82.4 cm³/mol. The minimum Gasteiger partial charge on any atom is -0.314 e. The molecule has 0 saturated carbocycles. The Kier molecular flexibility index (Phi) is 5.45. The van der Waals surface area contributed by atoms with Crippen LogP contribution in [0.4, 0.5) is 8.78 Å². The zero-order chi connectivity index (χ0) is 15.2. The molecule has 1 atom stereocenters. The van der Waals surface area contributed by atoms with E-state index in [1.165, 1.54) is 29.3 Å². The van der Waals surface area contributed by atoms with Gasteiger partial charge in [0.15, 0.2) is 0 Å². The van der Waals surface area contributed by atoms with Gasteiger partial charge in [0, 0.05) is 11.6 Å². The number of aryl methyl sites for hydroxylation is 1. The molecule has 2 aromatic carbocycles. The van der Waals surface area contributed by atoms with Crippen LogP contribution in [-0.2, 0) is 12.8 Å². The maximum absolute atomic E-state index is 13.8. The average molecular weight is 289 g/mol. The summed E-state index contributed by atoms with van der Waals surface area (Å²) < 4.78 is 27.6. The second-order valence-electron chi connectivity index (χ2n) is 5.29. The van der Waals surface area contributed by atoms with E-state index in [2.05, 4.69) is 24.4 Å². The van der Waals surface area contributed by atoms with Gasteiger partial charge in [0.25, 0.3) is 0 Å². The van der Waals surface area contributed by atoms with Crippen molar-refractivity contribution in [2.75, 3.05) is 6.54 Å². The van der Waals surface area contributed by atoms with Gasteiger partial charge in [-0.2, -0.15) is 0 Å². The van der Waals surface area contributed by atoms with Crippen LogP contribution in [0.15, 0.2) is 42.5 Å². The van der Waals surface area contributed by atoms with Crippen molar-refractivity contribution < 1.29 is 8.78 Å². The maximum Gasteiger partial charge on any atom is 0.129 e. The first-order valence-corrected chi connectivity index (χ1v) is 7.32. The highest BCUT2D eigenvalue weighted by molar-refractivity contribution is 5.27. The van der Waals surface area contributed by atoms with Crippen LogP contribution in [0.3, 0.4) is 0 Å². The summed E-state index contributed by atoms with van der Waals surface area (Å²) in [6, 6.07) is 12.2. The smallest absolute Gasteiger partial charge is 0.129 e. The zero-order valence-electron chi connectivity index (χ0n) is 12.5. The molecule has 0 bridgehead atoms. The van der Waals surface area contributed by atoms with E-state index in [1.54, 1.807) is 0 Å². The van der Waals surface area contributed by atoms with E-state index >= 15 is 0 Å². The van der Waals surface area contributed by atoms with E-state index in [1.807, 2.05) is 19.1 Å². The summed E-state index contributed by atoms with van der Waals surface area (Å²) in [6.45, 7) is 4.83. The third-order valence-electron chi connectivity index (χ3n) is 3.73. The van der Waals surface area contributed by atoms with Gasteiger partial charge in [-0.1, -0.05) is 37.3 Å². The van der Waals surface area contributed by atoms with E-state index in [0.29, 0.717) is 6.42 Å². The Hall–Kier alpha value is -1.74. The largest absolute Gasteiger partial charge is 0.314 e. The van der Waals surface area contributed by atoms with Gasteiger partial charge >= 0.3 is 0 Å². The van der Waals surface area contributed by atoms with Gasteiger partial charge in [-0.25, -0.2) is 8.78 Å². The van der Waals surface area contributed by atoms with Crippen LogP contribution in [0.1, 0.15) is 23.6 Å². The van der Waals surface area contributed by atoms with E-state index in [4.69, 9.17) is 0 Å². The molecule has 112 valence electrons. The van der Waals surface area contributed by atoms with Crippen molar-refractivity contribution in [2.45, 2.75) is 32.7 Å². The van der Waals surface area contributed by atoms with Crippen molar-refractivity contribution in [1.29, 1.82) is 0 Å². The molecule has 0 amide bonds. The van der Waals surface area contributed by atoms with Gasteiger partial charge in [-0.15, -0.1) is 0 Å². The van der Waals surface area contributed by atoms with E-state index in [-0.39, 0.29) is 11.6 Å². The highest BCUT2D eigenvalue weighted by atomic mass is 19.1. The minimum atomic E-state index is -0.470. The number of benzene rings is 2. The molecule has 2 aromatic rings. The third-order valence-corrected chi connectivity index (χ3v) is 3.73. The highest BCUT2D eigenvalue weighted by Gasteiger charge is 2.16. The van der Waals surface area contributed by atoms with Gasteiger partial charge in [-0.3, -0.25) is 0 Å². The van der Waals surface area contributed by atoms with Crippen molar-refractivity contribution in [3.63, 3.8) is 0 Å². The summed E-state index contributed by atoms with van der Waals surface area (Å²) in [7, 11) is 0. The van der Waals surface area contributed by atoms with E-state index in [9.17, 15) is 8.78 Å². The SMILES string of the molecule is CCNC(Cc1ccccc1C)Cc1c(F)cccc1F. The Balaban J connectivity index is 2.18. The van der Waals surface area contributed by atoms with Gasteiger partial charge in [0.2, 0.25) is 0 Å². The van der Waals surface area contributed by atoms with Gasteiger partial charge in [0.1, 0.15) is 11.6 Å². The lowest BCUT2D eigenvalue weighted by atomic mass is 9.96. The molecule has 0 radical (unpaired) electrons. The molecule has 0 aliphatic heterocycles. The Morgan fingerprint density at radius 2 is 1.62 bits per heavy atom. The lowest BCUT2D eigenvalue weighted by Crippen LogP contribution is -2.33. The van der Waals surface area contributed by atoms with E-state index < -0.39 is 11.6 Å². The van der Waals surface area contributed by atoms with Crippen LogP contribution in [-0.4, -0.2) is 12.6 Å². The molecule has 0 spiro atoms. The molecule has 3 heteroatoms. The number of hydrogen-bond donors (Lipinski definition) is 1. The predicted octanol–water partition coefficient (Wildman–Crippen LogP) is 4.04. The van der Waals surface area contributed by atoms with Crippen molar-refractivity contribution in [3.05, 3.63) is 70.8 Å². The average Bonchev–Trinajstić information content (AvgIpc) is 2.45. The normalized spacial score (nSPS) is 12.4. The fourth-order valence-corrected chi connectivity index (χ4v) is 2.58. The van der Waals surface area contributed by atoms with Crippen LogP contribution in [0.2, 0.25) is 0 Å². The monoisotopic (exact) mass is 289 g/mol. The van der Waals surface area contributed by atoms with Crippen LogP contribution >= 0.6 is 0 Å². The summed E-state index contributed by atoms with van der Waals surface area (Å²) in [5.41, 5.74) is 2.58.